The summed E-state index contributed by atoms with van der Waals surface area (Å²) in [5.41, 5.74) is 3.31. The first-order valence-electron chi connectivity index (χ1n) is 8.34. The first-order chi connectivity index (χ1) is 10.9. The third kappa shape index (κ3) is 2.93. The van der Waals surface area contributed by atoms with Crippen LogP contribution in [0.5, 0.6) is 0 Å². The molecule has 0 bridgehead atoms. The maximum atomic E-state index is 2.60. The van der Waals surface area contributed by atoms with E-state index in [0.29, 0.717) is 19.3 Å². The molecule has 22 heavy (non-hydrogen) atoms. The zero-order chi connectivity index (χ0) is 14.8. The van der Waals surface area contributed by atoms with E-state index < -0.39 is 0 Å². The molecule has 2 aliphatic carbocycles. The van der Waals surface area contributed by atoms with Gasteiger partial charge >= 0.3 is 140 Å². The van der Waals surface area contributed by atoms with Crippen molar-refractivity contribution in [3.05, 3.63) is 77.9 Å². The summed E-state index contributed by atoms with van der Waals surface area (Å²) < 4.78 is 2.15. The van der Waals surface area contributed by atoms with Gasteiger partial charge in [0.2, 0.25) is 0 Å². The molecule has 1 fully saturated rings. The van der Waals surface area contributed by atoms with Crippen molar-refractivity contribution in [3.63, 3.8) is 0 Å². The van der Waals surface area contributed by atoms with Gasteiger partial charge in [0, 0.05) is 0 Å². The van der Waals surface area contributed by atoms with Gasteiger partial charge in [0.1, 0.15) is 0 Å². The second-order valence-electron chi connectivity index (χ2n) is 6.52. The van der Waals surface area contributed by atoms with Gasteiger partial charge in [0.15, 0.2) is 0 Å². The predicted octanol–water partition coefficient (Wildman–Crippen LogP) is 4.86. The summed E-state index contributed by atoms with van der Waals surface area (Å²) in [6.07, 6.45) is 9.33. The van der Waals surface area contributed by atoms with Crippen molar-refractivity contribution in [1.82, 2.24) is 0 Å². The Kier molecular flexibility index (Phi) is 3.94. The Morgan fingerprint density at radius 2 is 1.55 bits per heavy atom. The summed E-state index contributed by atoms with van der Waals surface area (Å²) in [4.78, 5) is 0. The van der Waals surface area contributed by atoms with Crippen LogP contribution in [0.4, 0.5) is 0 Å². The first-order valence-corrected chi connectivity index (χ1v) is 10.1. The minimum atomic E-state index is 0.579. The average molecular weight is 353 g/mol. The molecule has 2 aromatic rings. The number of hydrogen-bond donors (Lipinski definition) is 0. The van der Waals surface area contributed by atoms with E-state index in [0.717, 1.165) is 5.92 Å². The Bertz CT molecular complexity index is 653. The van der Waals surface area contributed by atoms with Gasteiger partial charge < -0.3 is 0 Å². The number of benzene rings is 2. The molecule has 0 heterocycles. The third-order valence-electron chi connectivity index (χ3n) is 5.03. The van der Waals surface area contributed by atoms with Crippen molar-refractivity contribution in [2.45, 2.75) is 42.3 Å². The number of hydrogen-bond acceptors (Lipinski definition) is 0. The quantitative estimate of drug-likeness (QED) is 0.544. The molecular formula is C21H22Se. The standard InChI is InChI=1S/C21H22Se/c1-3-7-17(8-4-1)18-11-13-19(14-12-18)21(15-16-21)22-20-9-5-2-6-10-20/h1-10,13,18H,11-12,14-16H2. The Labute approximate surface area is 139 Å². The van der Waals surface area contributed by atoms with E-state index in [2.05, 4.69) is 66.7 Å². The van der Waals surface area contributed by atoms with Gasteiger partial charge in [-0.3, -0.25) is 0 Å². The maximum absolute atomic E-state index is 2.60. The molecule has 1 atom stereocenters. The molecule has 0 aromatic heterocycles. The van der Waals surface area contributed by atoms with Gasteiger partial charge in [-0.15, -0.1) is 0 Å². The molecular weight excluding hydrogens is 331 g/mol. The molecule has 2 aromatic carbocycles. The Hall–Kier alpha value is -1.30. The van der Waals surface area contributed by atoms with Crippen LogP contribution in [-0.4, -0.2) is 15.0 Å². The fourth-order valence-electron chi connectivity index (χ4n) is 3.59. The Morgan fingerprint density at radius 3 is 2.14 bits per heavy atom. The van der Waals surface area contributed by atoms with Crippen LogP contribution in [0.1, 0.15) is 43.6 Å². The van der Waals surface area contributed by atoms with E-state index in [1.165, 1.54) is 37.7 Å². The first kappa shape index (κ1) is 14.3. The summed E-state index contributed by atoms with van der Waals surface area (Å²) in [6, 6.07) is 22.2. The van der Waals surface area contributed by atoms with E-state index >= 15 is 0 Å². The third-order valence-corrected chi connectivity index (χ3v) is 8.32. The van der Waals surface area contributed by atoms with Crippen LogP contribution in [0.2, 0.25) is 4.31 Å². The predicted molar refractivity (Wildman–Crippen MR) is 94.9 cm³/mol. The van der Waals surface area contributed by atoms with Crippen molar-refractivity contribution in [2.24, 2.45) is 0 Å². The van der Waals surface area contributed by atoms with Crippen LogP contribution in [0.15, 0.2) is 72.3 Å². The van der Waals surface area contributed by atoms with Gasteiger partial charge in [0.05, 0.1) is 0 Å². The second kappa shape index (κ2) is 6.07. The van der Waals surface area contributed by atoms with Gasteiger partial charge in [-0.25, -0.2) is 0 Å². The summed E-state index contributed by atoms with van der Waals surface area (Å²) >= 11 is 0.611. The summed E-state index contributed by atoms with van der Waals surface area (Å²) in [5, 5.41) is 0. The van der Waals surface area contributed by atoms with Crippen LogP contribution in [0.25, 0.3) is 0 Å². The molecule has 0 N–H and O–H groups in total. The van der Waals surface area contributed by atoms with Crippen molar-refractivity contribution >= 4 is 19.4 Å². The average Bonchev–Trinajstić information content (AvgIpc) is 3.37. The molecule has 4 rings (SSSR count). The minimum absolute atomic E-state index is 0.579. The van der Waals surface area contributed by atoms with Crippen LogP contribution in [0.3, 0.4) is 0 Å². The molecule has 0 aliphatic heterocycles. The normalized spacial score (nSPS) is 22.9. The molecule has 0 saturated heterocycles. The van der Waals surface area contributed by atoms with Crippen molar-refractivity contribution in [1.29, 1.82) is 0 Å². The van der Waals surface area contributed by atoms with Gasteiger partial charge in [0.25, 0.3) is 0 Å². The van der Waals surface area contributed by atoms with Gasteiger partial charge in [-0.05, 0) is 0 Å². The van der Waals surface area contributed by atoms with Crippen LogP contribution in [0, 0.1) is 0 Å². The summed E-state index contributed by atoms with van der Waals surface area (Å²) in [5.74, 6) is 0.741. The number of allylic oxidation sites excluding steroid dienone is 2. The zero-order valence-corrected chi connectivity index (χ0v) is 14.6. The van der Waals surface area contributed by atoms with Crippen LogP contribution in [-0.2, 0) is 0 Å². The Balaban J connectivity index is 1.47. The molecule has 0 spiro atoms. The fourth-order valence-corrected chi connectivity index (χ4v) is 6.46. The van der Waals surface area contributed by atoms with E-state index in [9.17, 15) is 0 Å². The van der Waals surface area contributed by atoms with Crippen molar-refractivity contribution in [2.75, 3.05) is 0 Å². The van der Waals surface area contributed by atoms with E-state index in [1.807, 2.05) is 0 Å². The van der Waals surface area contributed by atoms with E-state index in [4.69, 9.17) is 0 Å². The van der Waals surface area contributed by atoms with Gasteiger partial charge in [-0.1, -0.05) is 0 Å². The molecule has 1 unspecified atom stereocenters. The SMILES string of the molecule is C1=C(C2([Se]c3ccccc3)CC2)CCC(c2ccccc2)C1. The molecule has 0 radical (unpaired) electrons. The van der Waals surface area contributed by atoms with Crippen LogP contribution < -0.4 is 4.46 Å². The summed E-state index contributed by atoms with van der Waals surface area (Å²) in [7, 11) is 0. The molecule has 112 valence electrons. The van der Waals surface area contributed by atoms with Crippen molar-refractivity contribution in [3.8, 4) is 0 Å². The van der Waals surface area contributed by atoms with Crippen molar-refractivity contribution < 1.29 is 0 Å². The van der Waals surface area contributed by atoms with Gasteiger partial charge in [-0.2, -0.15) is 0 Å². The van der Waals surface area contributed by atoms with Crippen LogP contribution >= 0.6 is 0 Å². The fraction of sp³-hybridized carbons (Fsp3) is 0.333. The van der Waals surface area contributed by atoms with E-state index in [-0.39, 0.29) is 0 Å². The molecule has 0 amide bonds. The second-order valence-corrected chi connectivity index (χ2v) is 9.58. The molecule has 0 nitrogen and oxygen atoms in total. The zero-order valence-electron chi connectivity index (χ0n) is 12.9. The molecule has 2 aliphatic rings. The van der Waals surface area contributed by atoms with E-state index in [1.54, 1.807) is 10.0 Å². The monoisotopic (exact) mass is 354 g/mol. The Morgan fingerprint density at radius 1 is 0.864 bits per heavy atom. The number of rotatable bonds is 4. The summed E-state index contributed by atoms with van der Waals surface area (Å²) in [6.45, 7) is 0. The molecule has 1 saturated carbocycles. The topological polar surface area (TPSA) is 0 Å². The molecule has 1 heteroatoms.